The van der Waals surface area contributed by atoms with Gasteiger partial charge < -0.3 is 40.3 Å². The van der Waals surface area contributed by atoms with Gasteiger partial charge in [0.1, 0.15) is 30.4 Å². The van der Waals surface area contributed by atoms with E-state index in [4.69, 9.17) is 15.2 Å². The minimum Gasteiger partial charge on any atom is -0.441 e. The fourth-order valence-corrected chi connectivity index (χ4v) is 7.60. The maximum Gasteiger partial charge on any atom is 0.419 e. The summed E-state index contributed by atoms with van der Waals surface area (Å²) in [5.74, 6) is 0.623. The number of fused-ring (bicyclic) bond motifs is 2. The third kappa shape index (κ3) is 11.1. The van der Waals surface area contributed by atoms with E-state index in [-0.39, 0.29) is 37.1 Å². The van der Waals surface area contributed by atoms with E-state index in [1.807, 2.05) is 57.0 Å². The lowest BCUT2D eigenvalue weighted by atomic mass is 10.1. The van der Waals surface area contributed by atoms with Crippen molar-refractivity contribution in [3.63, 3.8) is 0 Å². The van der Waals surface area contributed by atoms with Crippen LogP contribution in [-0.2, 0) is 63.7 Å². The van der Waals surface area contributed by atoms with Crippen LogP contribution in [0.5, 0.6) is 0 Å². The average molecular weight is 887 g/mol. The van der Waals surface area contributed by atoms with Crippen LogP contribution in [0.25, 0.3) is 0 Å². The Bertz CT molecular complexity index is 2800. The molecule has 9 rings (SSSR count). The number of aryl methyl sites for hydroxylation is 6. The van der Waals surface area contributed by atoms with Gasteiger partial charge in [0.05, 0.1) is 6.04 Å². The van der Waals surface area contributed by atoms with Crippen molar-refractivity contribution in [2.45, 2.75) is 64.8 Å². The molecule has 0 fully saturated rings. The molecular formula is C43H50N16O6. The lowest BCUT2D eigenvalue weighted by Gasteiger charge is -2.12. The van der Waals surface area contributed by atoms with Crippen molar-refractivity contribution < 1.29 is 28.7 Å². The summed E-state index contributed by atoms with van der Waals surface area (Å²) in [7, 11) is 7.20. The van der Waals surface area contributed by atoms with E-state index < -0.39 is 12.2 Å². The molecule has 7 heterocycles. The van der Waals surface area contributed by atoms with Crippen LogP contribution in [0.1, 0.15) is 91.2 Å². The highest BCUT2D eigenvalue weighted by atomic mass is 16.6. The fraction of sp³-hybridized carbons (Fsp3) is 0.326. The number of nitrogens with one attached hydrogen (secondary N) is 3. The first-order chi connectivity index (χ1) is 31.2. The number of nitrogens with two attached hydrogens (primary N) is 1. The molecule has 0 aliphatic heterocycles. The smallest absolute Gasteiger partial charge is 0.419 e. The van der Waals surface area contributed by atoms with Crippen LogP contribution in [0.4, 0.5) is 21.0 Å². The molecule has 0 radical (unpaired) electrons. The molecule has 2 aliphatic carbocycles. The molecule has 0 saturated carbocycles. The summed E-state index contributed by atoms with van der Waals surface area (Å²) in [6, 6.07) is 7.07. The second-order valence-electron chi connectivity index (χ2n) is 15.5. The molecule has 0 aromatic carbocycles. The predicted octanol–water partition coefficient (Wildman–Crippen LogP) is 4.15. The standard InChI is InChI=1S/C20H23N7O3.C15H18N4O.C8H9N5O2/c1-12-8-13(6-7-21-12)23-19(28)18-14-4-5-16(15(14)9-26(18)2)24-20(29)30-10-17-22-11-27(3)25-17;1-9-7-10(5-6-17-9)18-15(20)14-11-3-4-13(16)12(11)8-19(14)2;1-12-6-10-7(11-12)4-15-8(14)13-3-2-9-5-13/h6-9,11,16H,4-5,10H2,1-3H3,(H,24,29)(H,21,23,28);5-8,13H,3-4,16H2,1-2H3,(H,17,18,20);2-3,5-6H,4H2,1H3. The van der Waals surface area contributed by atoms with Gasteiger partial charge in [0.25, 0.3) is 11.8 Å². The Morgan fingerprint density at radius 2 is 1.25 bits per heavy atom. The topological polar surface area (TPSA) is 264 Å². The number of nitrogens with zero attached hydrogens (tertiary/aromatic N) is 12. The Labute approximate surface area is 373 Å². The van der Waals surface area contributed by atoms with Crippen LogP contribution >= 0.6 is 0 Å². The van der Waals surface area contributed by atoms with Gasteiger partial charge in [0, 0.05) is 94.2 Å². The molecule has 338 valence electrons. The first-order valence-corrected chi connectivity index (χ1v) is 20.6. The van der Waals surface area contributed by atoms with Crippen molar-refractivity contribution in [3.05, 3.63) is 137 Å². The Hall–Kier alpha value is -8.01. The van der Waals surface area contributed by atoms with Gasteiger partial charge >= 0.3 is 12.2 Å². The van der Waals surface area contributed by atoms with Crippen LogP contribution in [0, 0.1) is 13.8 Å². The number of carbonyl (C=O) groups excluding carboxylic acids is 4. The number of imidazole rings is 1. The number of anilines is 2. The van der Waals surface area contributed by atoms with Crippen molar-refractivity contribution in [1.82, 2.24) is 63.5 Å². The number of carbonyl (C=O) groups is 4. The number of amides is 3. The molecule has 5 N–H and O–H groups in total. The van der Waals surface area contributed by atoms with Gasteiger partial charge in [-0.05, 0) is 86.1 Å². The summed E-state index contributed by atoms with van der Waals surface area (Å²) >= 11 is 0. The van der Waals surface area contributed by atoms with E-state index in [1.54, 1.807) is 65.2 Å². The van der Waals surface area contributed by atoms with Gasteiger partial charge in [0.15, 0.2) is 24.9 Å². The monoisotopic (exact) mass is 886 g/mol. The van der Waals surface area contributed by atoms with Crippen molar-refractivity contribution in [1.29, 1.82) is 0 Å². The second kappa shape index (κ2) is 20.0. The summed E-state index contributed by atoms with van der Waals surface area (Å²) < 4.78 is 18.1. The molecular weight excluding hydrogens is 837 g/mol. The predicted molar refractivity (Wildman–Crippen MR) is 234 cm³/mol. The molecule has 0 spiro atoms. The molecule has 2 unspecified atom stereocenters. The molecule has 0 bridgehead atoms. The average Bonchev–Trinajstić information content (AvgIpc) is 4.14. The number of aromatic nitrogens is 12. The maximum atomic E-state index is 12.9. The third-order valence-electron chi connectivity index (χ3n) is 10.5. The number of hydrogen-bond donors (Lipinski definition) is 4. The van der Waals surface area contributed by atoms with Crippen LogP contribution in [0.2, 0.25) is 0 Å². The highest BCUT2D eigenvalue weighted by molar-refractivity contribution is 6.05. The molecule has 2 atom stereocenters. The number of hydrogen-bond acceptors (Lipinski definition) is 14. The largest absolute Gasteiger partial charge is 0.441 e. The van der Waals surface area contributed by atoms with Crippen LogP contribution in [0.15, 0.2) is 80.4 Å². The highest BCUT2D eigenvalue weighted by Crippen LogP contribution is 2.35. The molecule has 65 heavy (non-hydrogen) atoms. The maximum absolute atomic E-state index is 12.9. The van der Waals surface area contributed by atoms with Crippen molar-refractivity contribution >= 4 is 35.4 Å². The van der Waals surface area contributed by atoms with Gasteiger partial charge in [-0.1, -0.05) is 0 Å². The second-order valence-corrected chi connectivity index (χ2v) is 15.5. The molecule has 7 aromatic rings. The first-order valence-electron chi connectivity index (χ1n) is 20.6. The summed E-state index contributed by atoms with van der Waals surface area (Å²) in [4.78, 5) is 68.8. The summed E-state index contributed by atoms with van der Waals surface area (Å²) in [5.41, 5.74) is 14.6. The zero-order chi connectivity index (χ0) is 46.2. The van der Waals surface area contributed by atoms with Gasteiger partial charge in [-0.3, -0.25) is 28.9 Å². The van der Waals surface area contributed by atoms with Crippen LogP contribution in [-0.4, -0.2) is 82.2 Å². The first kappa shape index (κ1) is 45.0. The number of pyridine rings is 2. The van der Waals surface area contributed by atoms with E-state index in [1.165, 1.54) is 23.3 Å². The number of ether oxygens (including phenoxy) is 2. The normalized spacial score (nSPS) is 14.5. The molecule has 3 amide bonds. The van der Waals surface area contributed by atoms with E-state index in [0.717, 1.165) is 52.2 Å². The van der Waals surface area contributed by atoms with E-state index in [9.17, 15) is 19.2 Å². The Balaban J connectivity index is 0.000000155. The van der Waals surface area contributed by atoms with Gasteiger partial charge in [-0.15, -0.1) is 0 Å². The van der Waals surface area contributed by atoms with Crippen LogP contribution < -0.4 is 21.7 Å². The van der Waals surface area contributed by atoms with Crippen LogP contribution in [0.3, 0.4) is 0 Å². The molecule has 22 heteroatoms. The lowest BCUT2D eigenvalue weighted by molar-refractivity contribution is 0.101. The highest BCUT2D eigenvalue weighted by Gasteiger charge is 2.32. The Kier molecular flexibility index (Phi) is 13.9. The van der Waals surface area contributed by atoms with E-state index in [2.05, 4.69) is 51.1 Å². The zero-order valence-corrected chi connectivity index (χ0v) is 36.8. The molecule has 2 aliphatic rings. The third-order valence-corrected chi connectivity index (χ3v) is 10.5. The molecule has 7 aromatic heterocycles. The minimum atomic E-state index is -0.539. The minimum absolute atomic E-state index is 0.0000452. The SMILES string of the molecule is Cc1cc(NC(=O)c2c3c(cn2C)C(N)CC3)ccn1.Cc1cc(NC(=O)c2c3c(cn2C)C(NC(=O)OCc2ncn(C)n2)CC3)ccn1.Cn1cnc(COC(=O)n2ccnc2)n1. The molecule has 22 nitrogen and oxygen atoms in total. The lowest BCUT2D eigenvalue weighted by Crippen LogP contribution is -2.27. The van der Waals surface area contributed by atoms with Gasteiger partial charge in [0.2, 0.25) is 0 Å². The number of rotatable bonds is 9. The summed E-state index contributed by atoms with van der Waals surface area (Å²) in [6.45, 7) is 3.82. The van der Waals surface area contributed by atoms with Crippen molar-refractivity contribution in [2.24, 2.45) is 33.9 Å². The number of alkyl carbamates (subject to hydrolysis) is 1. The van der Waals surface area contributed by atoms with Gasteiger partial charge in [-0.2, -0.15) is 10.2 Å². The summed E-state index contributed by atoms with van der Waals surface area (Å²) in [5, 5.41) is 16.8. The Morgan fingerprint density at radius 1 is 0.708 bits per heavy atom. The molecule has 0 saturated heterocycles. The van der Waals surface area contributed by atoms with E-state index in [0.29, 0.717) is 41.6 Å². The Morgan fingerprint density at radius 3 is 1.77 bits per heavy atom. The summed E-state index contributed by atoms with van der Waals surface area (Å²) in [6.07, 6.45) is 16.8. The quantitative estimate of drug-likeness (QED) is 0.159. The van der Waals surface area contributed by atoms with Crippen molar-refractivity contribution in [3.8, 4) is 0 Å². The van der Waals surface area contributed by atoms with Gasteiger partial charge in [-0.25, -0.2) is 29.1 Å². The van der Waals surface area contributed by atoms with E-state index >= 15 is 0 Å². The fourth-order valence-electron chi connectivity index (χ4n) is 7.60. The van der Waals surface area contributed by atoms with Crippen molar-refractivity contribution in [2.75, 3.05) is 10.6 Å². The zero-order valence-electron chi connectivity index (χ0n) is 36.8.